The van der Waals surface area contributed by atoms with E-state index in [-0.39, 0.29) is 43.1 Å². The molecular formula is C25H29N3O5. The summed E-state index contributed by atoms with van der Waals surface area (Å²) in [5.41, 5.74) is 2.32. The summed E-state index contributed by atoms with van der Waals surface area (Å²) in [5, 5.41) is 18.6. The molecule has 4 atom stereocenters. The van der Waals surface area contributed by atoms with Gasteiger partial charge in [0.1, 0.15) is 18.0 Å². The molecular weight excluding hydrogens is 422 g/mol. The standard InChI is InChI=1S/C25H29N3O5/c29-14-22-24-20(11-18(32-22)12-23(30)26-13-15-6-7-15)19-10-17(8-9-21(19)33-24)28-25(31)27-16-4-2-1-3-5-16/h1-5,8-10,15,18,20,22,24,29H,6-7,11-14H2,(H,26,30)(H2,27,28,31)/t18-,20-,22+,24+/m1/s1. The molecule has 3 aliphatic rings. The Hall–Kier alpha value is -3.10. The first-order valence-corrected chi connectivity index (χ1v) is 11.6. The molecule has 1 saturated carbocycles. The highest BCUT2D eigenvalue weighted by Crippen LogP contribution is 2.47. The Morgan fingerprint density at radius 1 is 1.03 bits per heavy atom. The number of rotatable bonds is 7. The van der Waals surface area contributed by atoms with Crippen LogP contribution in [0.25, 0.3) is 0 Å². The fourth-order valence-corrected chi connectivity index (χ4v) is 4.64. The monoisotopic (exact) mass is 451 g/mol. The second-order valence-corrected chi connectivity index (χ2v) is 9.05. The van der Waals surface area contributed by atoms with E-state index in [1.54, 1.807) is 6.07 Å². The molecule has 4 N–H and O–H groups in total. The number of fused-ring (bicyclic) bond motifs is 3. The second-order valence-electron chi connectivity index (χ2n) is 9.05. The number of amides is 3. The summed E-state index contributed by atoms with van der Waals surface area (Å²) < 4.78 is 12.1. The Morgan fingerprint density at radius 3 is 2.58 bits per heavy atom. The number of hydrogen-bond donors (Lipinski definition) is 4. The Balaban J connectivity index is 1.25. The van der Waals surface area contributed by atoms with Crippen LogP contribution >= 0.6 is 0 Å². The Kier molecular flexibility index (Phi) is 6.20. The molecule has 2 heterocycles. The summed E-state index contributed by atoms with van der Waals surface area (Å²) >= 11 is 0. The maximum atomic E-state index is 12.4. The Labute approximate surface area is 192 Å². The van der Waals surface area contributed by atoms with Crippen molar-refractivity contribution in [2.75, 3.05) is 23.8 Å². The van der Waals surface area contributed by atoms with Crippen LogP contribution in [-0.4, -0.2) is 48.5 Å². The van der Waals surface area contributed by atoms with Crippen molar-refractivity contribution in [1.29, 1.82) is 0 Å². The van der Waals surface area contributed by atoms with Crippen molar-refractivity contribution in [3.8, 4) is 5.75 Å². The molecule has 1 saturated heterocycles. The lowest BCUT2D eigenvalue weighted by molar-refractivity contribution is -0.142. The minimum Gasteiger partial charge on any atom is -0.487 e. The zero-order valence-corrected chi connectivity index (χ0v) is 18.3. The van der Waals surface area contributed by atoms with Gasteiger partial charge in [-0.1, -0.05) is 18.2 Å². The van der Waals surface area contributed by atoms with Gasteiger partial charge in [0.15, 0.2) is 0 Å². The molecule has 0 aromatic heterocycles. The van der Waals surface area contributed by atoms with Crippen molar-refractivity contribution < 1.29 is 24.2 Å². The van der Waals surface area contributed by atoms with Gasteiger partial charge in [-0.3, -0.25) is 4.79 Å². The van der Waals surface area contributed by atoms with Crippen LogP contribution in [0.15, 0.2) is 48.5 Å². The Morgan fingerprint density at radius 2 is 1.82 bits per heavy atom. The number of hydrogen-bond acceptors (Lipinski definition) is 5. The fraction of sp³-hybridized carbons (Fsp3) is 0.440. The zero-order chi connectivity index (χ0) is 22.8. The van der Waals surface area contributed by atoms with Crippen molar-refractivity contribution >= 4 is 23.3 Å². The van der Waals surface area contributed by atoms with Crippen LogP contribution in [0, 0.1) is 5.92 Å². The molecule has 174 valence electrons. The number of benzene rings is 2. The maximum Gasteiger partial charge on any atom is 0.323 e. The molecule has 1 aliphatic carbocycles. The highest BCUT2D eigenvalue weighted by atomic mass is 16.6. The number of aliphatic hydroxyl groups excluding tert-OH is 1. The quantitative estimate of drug-likeness (QED) is 0.517. The molecule has 2 aromatic carbocycles. The van der Waals surface area contributed by atoms with Crippen LogP contribution in [-0.2, 0) is 9.53 Å². The third-order valence-electron chi connectivity index (χ3n) is 6.49. The molecule has 5 rings (SSSR count). The SMILES string of the molecule is O=C(C[C@H]1C[C@@H]2c3cc(NC(=O)Nc4ccccc4)ccc3O[C@@H]2[C@H](CO)O1)NCC1CC1. The number of ether oxygens (including phenoxy) is 2. The summed E-state index contributed by atoms with van der Waals surface area (Å²) in [6.45, 7) is 0.549. The first kappa shape index (κ1) is 21.7. The third-order valence-corrected chi connectivity index (χ3v) is 6.49. The van der Waals surface area contributed by atoms with E-state index in [2.05, 4.69) is 16.0 Å². The summed E-state index contributed by atoms with van der Waals surface area (Å²) in [6, 6.07) is 14.4. The predicted octanol–water partition coefficient (Wildman–Crippen LogP) is 3.24. The highest BCUT2D eigenvalue weighted by molar-refractivity contribution is 5.99. The van der Waals surface area contributed by atoms with Crippen LogP contribution in [0.3, 0.4) is 0 Å². The van der Waals surface area contributed by atoms with Crippen LogP contribution < -0.4 is 20.7 Å². The van der Waals surface area contributed by atoms with Gasteiger partial charge in [-0.05, 0) is 55.5 Å². The molecule has 8 nitrogen and oxygen atoms in total. The number of anilines is 2. The number of aliphatic hydroxyl groups is 1. The average Bonchev–Trinajstić information content (AvgIpc) is 3.58. The number of carbonyl (C=O) groups is 2. The van der Waals surface area contributed by atoms with E-state index in [0.717, 1.165) is 17.9 Å². The number of carbonyl (C=O) groups excluding carboxylic acids is 2. The van der Waals surface area contributed by atoms with Crippen LogP contribution in [0.1, 0.15) is 37.2 Å². The molecule has 3 amide bonds. The second kappa shape index (κ2) is 9.41. The van der Waals surface area contributed by atoms with E-state index in [0.29, 0.717) is 23.7 Å². The number of urea groups is 1. The van der Waals surface area contributed by atoms with E-state index in [9.17, 15) is 14.7 Å². The smallest absolute Gasteiger partial charge is 0.323 e. The first-order valence-electron chi connectivity index (χ1n) is 11.6. The Bertz CT molecular complexity index is 1010. The predicted molar refractivity (Wildman–Crippen MR) is 123 cm³/mol. The topological polar surface area (TPSA) is 109 Å². The van der Waals surface area contributed by atoms with E-state index >= 15 is 0 Å². The minimum absolute atomic E-state index is 0.0193. The summed E-state index contributed by atoms with van der Waals surface area (Å²) in [7, 11) is 0. The van der Waals surface area contributed by atoms with E-state index in [1.165, 1.54) is 12.8 Å². The van der Waals surface area contributed by atoms with Gasteiger partial charge in [-0.2, -0.15) is 0 Å². The van der Waals surface area contributed by atoms with Gasteiger partial charge in [0.2, 0.25) is 5.91 Å². The zero-order valence-electron chi connectivity index (χ0n) is 18.3. The number of para-hydroxylation sites is 1. The van der Waals surface area contributed by atoms with Gasteiger partial charge >= 0.3 is 6.03 Å². The number of nitrogens with one attached hydrogen (secondary N) is 3. The van der Waals surface area contributed by atoms with E-state index < -0.39 is 6.10 Å². The van der Waals surface area contributed by atoms with Gasteiger partial charge in [0.25, 0.3) is 0 Å². The lowest BCUT2D eigenvalue weighted by atomic mass is 9.84. The van der Waals surface area contributed by atoms with Crippen molar-refractivity contribution in [3.05, 3.63) is 54.1 Å². The highest BCUT2D eigenvalue weighted by Gasteiger charge is 2.46. The average molecular weight is 452 g/mol. The van der Waals surface area contributed by atoms with Gasteiger partial charge in [0.05, 0.1) is 19.1 Å². The fourth-order valence-electron chi connectivity index (χ4n) is 4.64. The van der Waals surface area contributed by atoms with Crippen molar-refractivity contribution in [2.45, 2.75) is 49.9 Å². The van der Waals surface area contributed by atoms with Crippen LogP contribution in [0.2, 0.25) is 0 Å². The molecule has 0 unspecified atom stereocenters. The maximum absolute atomic E-state index is 12.4. The lowest BCUT2D eigenvalue weighted by Crippen LogP contribution is -2.47. The normalized spacial score (nSPS) is 25.4. The molecule has 2 aromatic rings. The summed E-state index contributed by atoms with van der Waals surface area (Å²) in [4.78, 5) is 24.8. The first-order chi connectivity index (χ1) is 16.1. The molecule has 2 fully saturated rings. The van der Waals surface area contributed by atoms with Gasteiger partial charge in [0, 0.05) is 29.4 Å². The van der Waals surface area contributed by atoms with Crippen molar-refractivity contribution in [2.24, 2.45) is 5.92 Å². The summed E-state index contributed by atoms with van der Waals surface area (Å²) in [5.74, 6) is 1.30. The largest absolute Gasteiger partial charge is 0.487 e. The molecule has 0 spiro atoms. The van der Waals surface area contributed by atoms with Crippen LogP contribution in [0.4, 0.5) is 16.2 Å². The van der Waals surface area contributed by atoms with Gasteiger partial charge in [-0.25, -0.2) is 4.79 Å². The van der Waals surface area contributed by atoms with Crippen LogP contribution in [0.5, 0.6) is 5.75 Å². The van der Waals surface area contributed by atoms with E-state index in [1.807, 2.05) is 42.5 Å². The lowest BCUT2D eigenvalue weighted by Gasteiger charge is -2.37. The van der Waals surface area contributed by atoms with Crippen molar-refractivity contribution in [3.63, 3.8) is 0 Å². The third kappa shape index (κ3) is 5.12. The molecule has 2 aliphatic heterocycles. The molecule has 0 radical (unpaired) electrons. The molecule has 0 bridgehead atoms. The molecule has 8 heteroatoms. The van der Waals surface area contributed by atoms with Crippen molar-refractivity contribution in [1.82, 2.24) is 5.32 Å². The summed E-state index contributed by atoms with van der Waals surface area (Å²) in [6.07, 6.45) is 2.13. The minimum atomic E-state index is -0.504. The molecule has 33 heavy (non-hydrogen) atoms. The van der Waals surface area contributed by atoms with Gasteiger partial charge in [-0.15, -0.1) is 0 Å². The van der Waals surface area contributed by atoms with E-state index in [4.69, 9.17) is 9.47 Å². The van der Waals surface area contributed by atoms with Gasteiger partial charge < -0.3 is 30.5 Å².